The first-order chi connectivity index (χ1) is 14.3. The maximum atomic E-state index is 14.7. The van der Waals surface area contributed by atoms with Crippen LogP contribution in [0.3, 0.4) is 0 Å². The monoisotopic (exact) mass is 430 g/mol. The van der Waals surface area contributed by atoms with E-state index in [0.29, 0.717) is 6.42 Å². The van der Waals surface area contributed by atoms with Crippen molar-refractivity contribution in [2.45, 2.75) is 57.2 Å². The van der Waals surface area contributed by atoms with E-state index >= 15 is 0 Å². The predicted molar refractivity (Wildman–Crippen MR) is 115 cm³/mol. The van der Waals surface area contributed by atoms with Gasteiger partial charge in [0.2, 0.25) is 0 Å². The van der Waals surface area contributed by atoms with Gasteiger partial charge in [-0.3, -0.25) is 0 Å². The van der Waals surface area contributed by atoms with Crippen LogP contribution in [0.5, 0.6) is 5.75 Å². The van der Waals surface area contributed by atoms with Gasteiger partial charge in [-0.2, -0.15) is 11.3 Å². The summed E-state index contributed by atoms with van der Waals surface area (Å²) in [6, 6.07) is 5.03. The molecule has 0 saturated heterocycles. The van der Waals surface area contributed by atoms with Crippen LogP contribution >= 0.6 is 11.3 Å². The van der Waals surface area contributed by atoms with Gasteiger partial charge >= 0.3 is 5.97 Å². The Labute approximate surface area is 180 Å². The minimum atomic E-state index is -1.28. The van der Waals surface area contributed by atoms with Crippen LogP contribution in [0, 0.1) is 17.7 Å². The summed E-state index contributed by atoms with van der Waals surface area (Å²) in [5.74, 6) is -1.48. The van der Waals surface area contributed by atoms with Crippen molar-refractivity contribution in [3.8, 4) is 5.75 Å². The lowest BCUT2D eigenvalue weighted by molar-refractivity contribution is 0.0689. The van der Waals surface area contributed by atoms with Crippen LogP contribution in [-0.2, 0) is 11.8 Å². The number of aliphatic hydroxyl groups is 1. The Hall–Kier alpha value is -2.18. The Morgan fingerprint density at radius 2 is 2.10 bits per heavy atom. The molecule has 2 heterocycles. The number of aryl methyl sites for hydroxylation is 1. The van der Waals surface area contributed by atoms with Gasteiger partial charge in [-0.05, 0) is 65.6 Å². The van der Waals surface area contributed by atoms with Crippen LogP contribution < -0.4 is 4.74 Å². The largest absolute Gasteiger partial charge is 0.487 e. The highest BCUT2D eigenvalue weighted by Gasteiger charge is 2.39. The lowest BCUT2D eigenvalue weighted by Crippen LogP contribution is -2.32. The fourth-order valence-electron chi connectivity index (χ4n) is 4.70. The van der Waals surface area contributed by atoms with Gasteiger partial charge in [0.25, 0.3) is 0 Å². The van der Waals surface area contributed by atoms with Gasteiger partial charge in [0, 0.05) is 11.3 Å². The maximum absolute atomic E-state index is 14.7. The van der Waals surface area contributed by atoms with Crippen LogP contribution in [0.15, 0.2) is 41.1 Å². The van der Waals surface area contributed by atoms with E-state index < -0.39 is 17.9 Å². The molecule has 4 rings (SSSR count). The molecule has 1 unspecified atom stereocenters. The molecule has 1 aliphatic carbocycles. The van der Waals surface area contributed by atoms with Crippen molar-refractivity contribution in [2.75, 3.05) is 0 Å². The first kappa shape index (κ1) is 21.1. The molecule has 1 aliphatic heterocycles. The number of ether oxygens (including phenoxy) is 1. The van der Waals surface area contributed by atoms with Crippen LogP contribution in [0.25, 0.3) is 0 Å². The van der Waals surface area contributed by atoms with Gasteiger partial charge in [-0.15, -0.1) is 0 Å². The summed E-state index contributed by atoms with van der Waals surface area (Å²) < 4.78 is 20.7. The van der Waals surface area contributed by atoms with Gasteiger partial charge < -0.3 is 14.9 Å². The molecular weight excluding hydrogens is 403 g/mol. The second-order valence-electron chi connectivity index (χ2n) is 8.88. The molecule has 4 atom stereocenters. The lowest BCUT2D eigenvalue weighted by atomic mass is 9.80. The highest BCUT2D eigenvalue weighted by atomic mass is 32.1. The maximum Gasteiger partial charge on any atom is 0.338 e. The zero-order chi connectivity index (χ0) is 21.5. The summed E-state index contributed by atoms with van der Waals surface area (Å²) in [5, 5.41) is 24.1. The number of rotatable bonds is 5. The fraction of sp³-hybridized carbons (Fsp3) is 0.458. The van der Waals surface area contributed by atoms with Gasteiger partial charge in [-0.25, -0.2) is 9.18 Å². The van der Waals surface area contributed by atoms with E-state index in [4.69, 9.17) is 4.74 Å². The third kappa shape index (κ3) is 3.79. The molecule has 6 heteroatoms. The molecule has 1 fully saturated rings. The van der Waals surface area contributed by atoms with Crippen molar-refractivity contribution in [1.29, 1.82) is 0 Å². The number of hydrogen-bond donors (Lipinski definition) is 2. The average Bonchev–Trinajstić information content (AvgIpc) is 3.33. The summed E-state index contributed by atoms with van der Waals surface area (Å²) in [6.45, 7) is 4.07. The van der Waals surface area contributed by atoms with Crippen molar-refractivity contribution in [2.24, 2.45) is 11.8 Å². The van der Waals surface area contributed by atoms with Crippen molar-refractivity contribution in [3.05, 3.63) is 63.6 Å². The first-order valence-corrected chi connectivity index (χ1v) is 11.3. The predicted octanol–water partition coefficient (Wildman–Crippen LogP) is 5.20. The Morgan fingerprint density at radius 1 is 1.30 bits per heavy atom. The summed E-state index contributed by atoms with van der Waals surface area (Å²) >= 11 is 1.62. The van der Waals surface area contributed by atoms with Crippen LogP contribution in [0.2, 0.25) is 0 Å². The summed E-state index contributed by atoms with van der Waals surface area (Å²) in [4.78, 5) is 11.3. The van der Waals surface area contributed by atoms with Crippen molar-refractivity contribution in [3.63, 3.8) is 0 Å². The number of aromatic carboxylic acids is 1. The highest BCUT2D eigenvalue weighted by Crippen LogP contribution is 2.43. The molecule has 4 nitrogen and oxygen atoms in total. The number of aliphatic hydroxyl groups excluding tert-OH is 1. The van der Waals surface area contributed by atoms with E-state index in [1.165, 1.54) is 6.07 Å². The molecule has 2 aliphatic rings. The van der Waals surface area contributed by atoms with E-state index in [1.54, 1.807) is 17.4 Å². The Bertz CT molecular complexity index is 950. The zero-order valence-electron chi connectivity index (χ0n) is 17.2. The van der Waals surface area contributed by atoms with E-state index in [-0.39, 0.29) is 34.7 Å². The number of carboxylic acid groups (broad SMARTS) is 1. The SMILES string of the molecule is CC(C)(c1ccsc1)C(O)/C=C/[C@H]1CC[C@@H]2Oc3c(ccc(C(=O)O)c3F)CC[C@@H]21. The Kier molecular flexibility index (Phi) is 5.73. The van der Waals surface area contributed by atoms with Gasteiger partial charge in [0.05, 0.1) is 11.7 Å². The molecule has 1 saturated carbocycles. The minimum Gasteiger partial charge on any atom is -0.487 e. The second kappa shape index (κ2) is 8.16. The molecule has 0 spiro atoms. The molecule has 30 heavy (non-hydrogen) atoms. The number of hydrogen-bond acceptors (Lipinski definition) is 4. The summed E-state index contributed by atoms with van der Waals surface area (Å²) in [5.41, 5.74) is 1.13. The molecule has 0 radical (unpaired) electrons. The summed E-state index contributed by atoms with van der Waals surface area (Å²) in [7, 11) is 0. The van der Waals surface area contributed by atoms with Crippen LogP contribution in [0.4, 0.5) is 4.39 Å². The Balaban J connectivity index is 1.50. The number of allylic oxidation sites excluding steroid dienone is 1. The summed E-state index contributed by atoms with van der Waals surface area (Å²) in [6.07, 6.45) is 6.45. The number of carboxylic acids is 1. The van der Waals surface area contributed by atoms with Crippen molar-refractivity contribution >= 4 is 17.3 Å². The standard InChI is InChI=1S/C24H27FO4S/c1-24(2,16-11-12-30-13-16)20(26)10-6-14-5-9-19-17(14)7-3-15-4-8-18(23(27)28)21(25)22(15)29-19/h4,6,8,10-14,17,19-20,26H,3,5,7,9H2,1-2H3,(H,27,28)/b10-6+/t14-,17-,19+,20?/m1/s1. The van der Waals surface area contributed by atoms with E-state index in [0.717, 1.165) is 30.4 Å². The number of halogens is 1. The number of carbonyl (C=O) groups is 1. The van der Waals surface area contributed by atoms with E-state index in [9.17, 15) is 19.4 Å². The minimum absolute atomic E-state index is 0.102. The number of thiophene rings is 1. The molecule has 0 bridgehead atoms. The third-order valence-electron chi connectivity index (χ3n) is 6.78. The third-order valence-corrected chi connectivity index (χ3v) is 7.47. The lowest BCUT2D eigenvalue weighted by Gasteiger charge is -2.28. The highest BCUT2D eigenvalue weighted by molar-refractivity contribution is 7.08. The molecule has 2 aromatic rings. The first-order valence-electron chi connectivity index (χ1n) is 10.4. The smallest absolute Gasteiger partial charge is 0.338 e. The Morgan fingerprint density at radius 3 is 2.80 bits per heavy atom. The molecule has 1 aromatic heterocycles. The zero-order valence-corrected chi connectivity index (χ0v) is 18.0. The number of fused-ring (bicyclic) bond motifs is 2. The molecular formula is C24H27FO4S. The molecule has 1 aromatic carbocycles. The van der Waals surface area contributed by atoms with Crippen LogP contribution in [-0.4, -0.2) is 28.4 Å². The molecule has 0 amide bonds. The molecule has 160 valence electrons. The second-order valence-corrected chi connectivity index (χ2v) is 9.66. The van der Waals surface area contributed by atoms with Gasteiger partial charge in [-0.1, -0.05) is 32.1 Å². The van der Waals surface area contributed by atoms with E-state index in [2.05, 4.69) is 11.5 Å². The number of benzene rings is 1. The van der Waals surface area contributed by atoms with Crippen molar-refractivity contribution < 1.29 is 24.1 Å². The van der Waals surface area contributed by atoms with Crippen molar-refractivity contribution in [1.82, 2.24) is 0 Å². The fourth-order valence-corrected chi connectivity index (χ4v) is 5.53. The molecule has 2 N–H and O–H groups in total. The normalized spacial score (nSPS) is 24.7. The van der Waals surface area contributed by atoms with Gasteiger partial charge in [0.15, 0.2) is 11.6 Å². The average molecular weight is 431 g/mol. The topological polar surface area (TPSA) is 66.8 Å². The van der Waals surface area contributed by atoms with Gasteiger partial charge in [0.1, 0.15) is 6.10 Å². The van der Waals surface area contributed by atoms with E-state index in [1.807, 2.05) is 31.4 Å². The quantitative estimate of drug-likeness (QED) is 0.640. The van der Waals surface area contributed by atoms with Crippen LogP contribution in [0.1, 0.15) is 54.6 Å².